The lowest BCUT2D eigenvalue weighted by molar-refractivity contribution is 0.0388. The van der Waals surface area contributed by atoms with Crippen molar-refractivity contribution in [2.24, 2.45) is 5.92 Å². The van der Waals surface area contributed by atoms with E-state index in [1.165, 1.54) is 90.5 Å². The molecule has 0 aromatic heterocycles. The molecule has 122 valence electrons. The number of fused-ring (bicyclic) bond motifs is 1. The first-order chi connectivity index (χ1) is 10.3. The van der Waals surface area contributed by atoms with Crippen LogP contribution in [0.25, 0.3) is 0 Å². The molecule has 0 aromatic carbocycles. The molecular formula is C18H35N3. The Hall–Kier alpha value is -0.120. The quantitative estimate of drug-likeness (QED) is 0.804. The summed E-state index contributed by atoms with van der Waals surface area (Å²) >= 11 is 0. The lowest BCUT2D eigenvalue weighted by Gasteiger charge is -2.46. The maximum Gasteiger partial charge on any atom is 0.0145 e. The largest absolute Gasteiger partial charge is 0.313 e. The average Bonchev–Trinajstić information content (AvgIpc) is 2.76. The van der Waals surface area contributed by atoms with Gasteiger partial charge in [-0.3, -0.25) is 0 Å². The van der Waals surface area contributed by atoms with E-state index in [2.05, 4.69) is 22.2 Å². The summed E-state index contributed by atoms with van der Waals surface area (Å²) in [6.07, 6.45) is 12.9. The predicted octanol–water partition coefficient (Wildman–Crippen LogP) is 2.71. The van der Waals surface area contributed by atoms with Gasteiger partial charge in [-0.05, 0) is 58.2 Å². The zero-order valence-corrected chi connectivity index (χ0v) is 14.0. The van der Waals surface area contributed by atoms with Gasteiger partial charge in [-0.15, -0.1) is 0 Å². The molecule has 2 saturated heterocycles. The molecule has 1 aliphatic carbocycles. The smallest absolute Gasteiger partial charge is 0.0145 e. The minimum absolute atomic E-state index is 0.811. The van der Waals surface area contributed by atoms with Crippen molar-refractivity contribution in [3.8, 4) is 0 Å². The minimum Gasteiger partial charge on any atom is -0.313 e. The number of likely N-dealkylation sites (tertiary alicyclic amines) is 2. The lowest BCUT2D eigenvalue weighted by atomic mass is 9.84. The van der Waals surface area contributed by atoms with Crippen LogP contribution in [0, 0.1) is 5.92 Å². The second-order valence-corrected chi connectivity index (χ2v) is 7.68. The van der Waals surface area contributed by atoms with E-state index in [9.17, 15) is 0 Å². The molecule has 0 amide bonds. The first kappa shape index (κ1) is 15.8. The molecule has 0 spiro atoms. The van der Waals surface area contributed by atoms with E-state index in [4.69, 9.17) is 0 Å². The Balaban J connectivity index is 1.36. The van der Waals surface area contributed by atoms with Crippen molar-refractivity contribution in [2.75, 3.05) is 39.8 Å². The van der Waals surface area contributed by atoms with Crippen LogP contribution in [0.15, 0.2) is 0 Å². The van der Waals surface area contributed by atoms with Crippen LogP contribution in [0.1, 0.15) is 57.8 Å². The number of nitrogens with one attached hydrogen (secondary N) is 1. The molecule has 0 aromatic rings. The molecule has 2 unspecified atom stereocenters. The number of hydrogen-bond donors (Lipinski definition) is 1. The van der Waals surface area contributed by atoms with Gasteiger partial charge in [-0.25, -0.2) is 0 Å². The van der Waals surface area contributed by atoms with Gasteiger partial charge in [-0.1, -0.05) is 25.7 Å². The van der Waals surface area contributed by atoms with E-state index in [0.717, 1.165) is 18.0 Å². The van der Waals surface area contributed by atoms with Crippen LogP contribution in [0.5, 0.6) is 0 Å². The highest BCUT2D eigenvalue weighted by Gasteiger charge is 2.33. The van der Waals surface area contributed by atoms with E-state index in [1.54, 1.807) is 0 Å². The normalized spacial score (nSPS) is 33.6. The summed E-state index contributed by atoms with van der Waals surface area (Å²) in [6, 6.07) is 1.69. The SMILES string of the molecule is CN1CCCC2CN(CCNC3CCCCCC3)CCC21. The fraction of sp³-hybridized carbons (Fsp3) is 1.00. The van der Waals surface area contributed by atoms with Gasteiger partial charge in [0.15, 0.2) is 0 Å². The van der Waals surface area contributed by atoms with Gasteiger partial charge in [0.05, 0.1) is 0 Å². The third-order valence-corrected chi connectivity index (χ3v) is 6.15. The average molecular weight is 293 g/mol. The first-order valence-corrected chi connectivity index (χ1v) is 9.49. The zero-order valence-electron chi connectivity index (χ0n) is 14.0. The van der Waals surface area contributed by atoms with Crippen molar-refractivity contribution < 1.29 is 0 Å². The molecule has 2 heterocycles. The van der Waals surface area contributed by atoms with Crippen molar-refractivity contribution in [1.82, 2.24) is 15.1 Å². The molecule has 3 rings (SSSR count). The fourth-order valence-electron chi connectivity index (χ4n) is 4.84. The predicted molar refractivity (Wildman–Crippen MR) is 89.7 cm³/mol. The van der Waals surface area contributed by atoms with Gasteiger partial charge >= 0.3 is 0 Å². The summed E-state index contributed by atoms with van der Waals surface area (Å²) in [5, 5.41) is 3.84. The number of hydrogen-bond acceptors (Lipinski definition) is 3. The molecule has 3 nitrogen and oxygen atoms in total. The molecule has 0 bridgehead atoms. The molecule has 1 N–H and O–H groups in total. The van der Waals surface area contributed by atoms with Gasteiger partial charge in [0.2, 0.25) is 0 Å². The van der Waals surface area contributed by atoms with Crippen molar-refractivity contribution in [3.05, 3.63) is 0 Å². The van der Waals surface area contributed by atoms with Crippen LogP contribution in [0.2, 0.25) is 0 Å². The Bertz CT molecular complexity index is 299. The Morgan fingerprint density at radius 2 is 1.71 bits per heavy atom. The second-order valence-electron chi connectivity index (χ2n) is 7.68. The molecule has 0 radical (unpaired) electrons. The maximum atomic E-state index is 3.84. The third kappa shape index (κ3) is 4.43. The Morgan fingerprint density at radius 1 is 0.905 bits per heavy atom. The molecular weight excluding hydrogens is 258 g/mol. The highest BCUT2D eigenvalue weighted by molar-refractivity contribution is 4.89. The van der Waals surface area contributed by atoms with Crippen LogP contribution >= 0.6 is 0 Å². The molecule has 2 aliphatic heterocycles. The van der Waals surface area contributed by atoms with E-state index < -0.39 is 0 Å². The summed E-state index contributed by atoms with van der Waals surface area (Å²) in [4.78, 5) is 5.35. The summed E-state index contributed by atoms with van der Waals surface area (Å²) < 4.78 is 0. The number of piperidine rings is 2. The van der Waals surface area contributed by atoms with Crippen LogP contribution in [0.3, 0.4) is 0 Å². The molecule has 3 heteroatoms. The van der Waals surface area contributed by atoms with E-state index in [1.807, 2.05) is 0 Å². The molecule has 1 saturated carbocycles. The maximum absolute atomic E-state index is 3.84. The molecule has 2 atom stereocenters. The zero-order chi connectivity index (χ0) is 14.5. The van der Waals surface area contributed by atoms with Gasteiger partial charge in [-0.2, -0.15) is 0 Å². The Kier molecular flexibility index (Phi) is 5.96. The van der Waals surface area contributed by atoms with Crippen molar-refractivity contribution >= 4 is 0 Å². The number of nitrogens with zero attached hydrogens (tertiary/aromatic N) is 2. The summed E-state index contributed by atoms with van der Waals surface area (Å²) in [5.41, 5.74) is 0. The third-order valence-electron chi connectivity index (χ3n) is 6.15. The van der Waals surface area contributed by atoms with Crippen LogP contribution < -0.4 is 5.32 Å². The van der Waals surface area contributed by atoms with E-state index in [0.29, 0.717) is 0 Å². The van der Waals surface area contributed by atoms with Crippen molar-refractivity contribution in [1.29, 1.82) is 0 Å². The highest BCUT2D eigenvalue weighted by Crippen LogP contribution is 2.29. The standard InChI is InChI=1S/C18H35N3/c1-20-12-6-7-16-15-21(13-10-18(16)20)14-11-19-17-8-4-2-3-5-9-17/h16-19H,2-15H2,1H3. The van der Waals surface area contributed by atoms with Crippen LogP contribution in [-0.4, -0.2) is 61.7 Å². The Labute approximate surface area is 131 Å². The van der Waals surface area contributed by atoms with Gasteiger partial charge < -0.3 is 15.1 Å². The minimum atomic E-state index is 0.811. The van der Waals surface area contributed by atoms with Gasteiger partial charge in [0, 0.05) is 31.7 Å². The van der Waals surface area contributed by atoms with Crippen molar-refractivity contribution in [3.63, 3.8) is 0 Å². The summed E-state index contributed by atoms with van der Waals surface area (Å²) in [6.45, 7) is 6.46. The lowest BCUT2D eigenvalue weighted by Crippen LogP contribution is -2.53. The van der Waals surface area contributed by atoms with E-state index >= 15 is 0 Å². The second kappa shape index (κ2) is 7.94. The van der Waals surface area contributed by atoms with Gasteiger partial charge in [0.1, 0.15) is 0 Å². The monoisotopic (exact) mass is 293 g/mol. The molecule has 3 aliphatic rings. The van der Waals surface area contributed by atoms with Crippen LogP contribution in [0.4, 0.5) is 0 Å². The van der Waals surface area contributed by atoms with Crippen LogP contribution in [-0.2, 0) is 0 Å². The highest BCUT2D eigenvalue weighted by atomic mass is 15.2. The molecule has 3 fully saturated rings. The molecule has 21 heavy (non-hydrogen) atoms. The van der Waals surface area contributed by atoms with E-state index in [-0.39, 0.29) is 0 Å². The summed E-state index contributed by atoms with van der Waals surface area (Å²) in [5.74, 6) is 0.940. The number of rotatable bonds is 4. The first-order valence-electron chi connectivity index (χ1n) is 9.49. The Morgan fingerprint density at radius 3 is 2.52 bits per heavy atom. The van der Waals surface area contributed by atoms with Crippen molar-refractivity contribution in [2.45, 2.75) is 69.9 Å². The summed E-state index contributed by atoms with van der Waals surface area (Å²) in [7, 11) is 2.33. The van der Waals surface area contributed by atoms with Gasteiger partial charge in [0.25, 0.3) is 0 Å². The fourth-order valence-corrected chi connectivity index (χ4v) is 4.84. The topological polar surface area (TPSA) is 18.5 Å².